The van der Waals surface area contributed by atoms with Gasteiger partial charge in [0, 0.05) is 18.5 Å². The lowest BCUT2D eigenvalue weighted by Gasteiger charge is -2.30. The van der Waals surface area contributed by atoms with E-state index >= 15 is 0 Å². The van der Waals surface area contributed by atoms with E-state index in [2.05, 4.69) is 20.9 Å². The molecular weight excluding hydrogens is 198 g/mol. The maximum absolute atomic E-state index is 11.0. The minimum atomic E-state index is -0.838. The summed E-state index contributed by atoms with van der Waals surface area (Å²) < 4.78 is 0. The monoisotopic (exact) mass is 211 g/mol. The third-order valence-corrected chi connectivity index (χ3v) is 3.40. The normalized spacial score (nSPS) is 46.9. The average molecular weight is 211 g/mol. The molecule has 2 fully saturated rings. The van der Waals surface area contributed by atoms with Crippen LogP contribution in [0.3, 0.4) is 0 Å². The first-order chi connectivity index (χ1) is 7.16. The Kier molecular flexibility index (Phi) is 1.68. The number of carboxylic acids is 1. The van der Waals surface area contributed by atoms with Crippen LogP contribution in [0.15, 0.2) is 4.99 Å². The fourth-order valence-corrected chi connectivity index (χ4v) is 2.81. The van der Waals surface area contributed by atoms with Crippen LogP contribution in [0.25, 0.3) is 0 Å². The van der Waals surface area contributed by atoms with Crippen LogP contribution in [0, 0.1) is 5.92 Å². The standard InChI is InChI=1S/C8H13N5O2/c9-8-12-4-3-2(1-10-6(3)13-8)11-5(4)7(14)15/h2-6,10-11H,1H2,(H,14,15)(H3,9,12,13). The smallest absolute Gasteiger partial charge is 0.322 e. The van der Waals surface area contributed by atoms with Crippen LogP contribution in [-0.2, 0) is 4.79 Å². The number of guanidine groups is 1. The second-order valence-corrected chi connectivity index (χ2v) is 4.20. The SMILES string of the molecule is NC1=NC2NCC3NC(C(=O)O)C(N1)C32. The van der Waals surface area contributed by atoms with Gasteiger partial charge in [0.1, 0.15) is 12.2 Å². The maximum Gasteiger partial charge on any atom is 0.322 e. The quantitative estimate of drug-likeness (QED) is 0.321. The molecule has 0 amide bonds. The van der Waals surface area contributed by atoms with E-state index in [4.69, 9.17) is 10.8 Å². The summed E-state index contributed by atoms with van der Waals surface area (Å²) in [6.07, 6.45) is -0.0434. The Bertz CT molecular complexity index is 344. The van der Waals surface area contributed by atoms with E-state index in [0.717, 1.165) is 6.54 Å². The molecule has 3 heterocycles. The van der Waals surface area contributed by atoms with Crippen LogP contribution in [0.1, 0.15) is 0 Å². The topological polar surface area (TPSA) is 112 Å². The van der Waals surface area contributed by atoms with Crippen molar-refractivity contribution in [1.82, 2.24) is 16.0 Å². The molecule has 15 heavy (non-hydrogen) atoms. The van der Waals surface area contributed by atoms with Crippen LogP contribution in [0.5, 0.6) is 0 Å². The number of carboxylic acid groups (broad SMARTS) is 1. The molecule has 0 saturated carbocycles. The highest BCUT2D eigenvalue weighted by Gasteiger charge is 2.54. The molecule has 7 heteroatoms. The summed E-state index contributed by atoms with van der Waals surface area (Å²) in [6.45, 7) is 0.744. The van der Waals surface area contributed by atoms with Crippen LogP contribution >= 0.6 is 0 Å². The van der Waals surface area contributed by atoms with Crippen molar-refractivity contribution >= 4 is 11.9 Å². The molecule has 0 aliphatic carbocycles. The molecule has 2 saturated heterocycles. The van der Waals surface area contributed by atoms with E-state index in [9.17, 15) is 4.79 Å². The van der Waals surface area contributed by atoms with Gasteiger partial charge in [-0.3, -0.25) is 15.4 Å². The highest BCUT2D eigenvalue weighted by molar-refractivity contribution is 5.82. The molecule has 0 radical (unpaired) electrons. The van der Waals surface area contributed by atoms with Crippen LogP contribution in [0.2, 0.25) is 0 Å². The molecule has 82 valence electrons. The highest BCUT2D eigenvalue weighted by atomic mass is 16.4. The Hall–Kier alpha value is -1.34. The van der Waals surface area contributed by atoms with Gasteiger partial charge < -0.3 is 16.2 Å². The van der Waals surface area contributed by atoms with Gasteiger partial charge in [0.2, 0.25) is 0 Å². The van der Waals surface area contributed by atoms with Gasteiger partial charge in [-0.05, 0) is 0 Å². The number of aliphatic imine (C=N–C) groups is 1. The number of hydrogen-bond acceptors (Lipinski definition) is 6. The number of nitrogens with zero attached hydrogens (tertiary/aromatic N) is 1. The molecule has 3 aliphatic rings. The molecule has 0 aromatic heterocycles. The number of rotatable bonds is 1. The molecule has 0 bridgehead atoms. The van der Waals surface area contributed by atoms with Crippen molar-refractivity contribution in [2.75, 3.05) is 6.54 Å². The van der Waals surface area contributed by atoms with Crippen LogP contribution in [-0.4, -0.2) is 47.9 Å². The van der Waals surface area contributed by atoms with E-state index in [1.165, 1.54) is 0 Å². The molecule has 3 rings (SSSR count). The van der Waals surface area contributed by atoms with E-state index in [1.807, 2.05) is 0 Å². The minimum absolute atomic E-state index is 0.0434. The first kappa shape index (κ1) is 8.93. The second kappa shape index (κ2) is 2.83. The second-order valence-electron chi connectivity index (χ2n) is 4.20. The molecule has 5 atom stereocenters. The fraction of sp³-hybridized carbons (Fsp3) is 0.750. The lowest BCUT2D eigenvalue weighted by Crippen LogP contribution is -2.58. The van der Waals surface area contributed by atoms with E-state index in [0.29, 0.717) is 5.96 Å². The van der Waals surface area contributed by atoms with E-state index < -0.39 is 12.0 Å². The third-order valence-electron chi connectivity index (χ3n) is 3.40. The van der Waals surface area contributed by atoms with Crippen molar-refractivity contribution in [3.8, 4) is 0 Å². The van der Waals surface area contributed by atoms with Crippen LogP contribution < -0.4 is 21.7 Å². The molecule has 0 aromatic carbocycles. The van der Waals surface area contributed by atoms with Gasteiger partial charge in [0.15, 0.2) is 5.96 Å². The third kappa shape index (κ3) is 1.13. The highest BCUT2D eigenvalue weighted by Crippen LogP contribution is 2.31. The predicted octanol–water partition coefficient (Wildman–Crippen LogP) is -2.76. The largest absolute Gasteiger partial charge is 0.480 e. The molecule has 0 aromatic rings. The van der Waals surface area contributed by atoms with E-state index in [1.54, 1.807) is 0 Å². The summed E-state index contributed by atoms with van der Waals surface area (Å²) in [6, 6.07) is -0.561. The van der Waals surface area contributed by atoms with Gasteiger partial charge in [0.25, 0.3) is 0 Å². The molecule has 0 spiro atoms. The summed E-state index contributed by atoms with van der Waals surface area (Å²) in [5.74, 6) is -0.335. The van der Waals surface area contributed by atoms with Gasteiger partial charge in [-0.2, -0.15) is 0 Å². The summed E-state index contributed by atoms with van der Waals surface area (Å²) in [5.41, 5.74) is 5.62. The van der Waals surface area contributed by atoms with Gasteiger partial charge >= 0.3 is 5.97 Å². The number of carbonyl (C=O) groups is 1. The van der Waals surface area contributed by atoms with Crippen molar-refractivity contribution in [3.05, 3.63) is 0 Å². The van der Waals surface area contributed by atoms with Gasteiger partial charge in [-0.25, -0.2) is 4.99 Å². The van der Waals surface area contributed by atoms with Crippen molar-refractivity contribution in [3.63, 3.8) is 0 Å². The lowest BCUT2D eigenvalue weighted by atomic mass is 9.92. The number of nitrogens with two attached hydrogens (primary N) is 1. The zero-order valence-electron chi connectivity index (χ0n) is 7.97. The van der Waals surface area contributed by atoms with Gasteiger partial charge in [0.05, 0.1) is 6.04 Å². The molecule has 3 aliphatic heterocycles. The Morgan fingerprint density at radius 2 is 2.40 bits per heavy atom. The van der Waals surface area contributed by atoms with E-state index in [-0.39, 0.29) is 24.2 Å². The zero-order valence-corrected chi connectivity index (χ0v) is 7.97. The van der Waals surface area contributed by atoms with Crippen molar-refractivity contribution < 1.29 is 9.90 Å². The summed E-state index contributed by atoms with van der Waals surface area (Å²) in [5, 5.41) is 18.3. The average Bonchev–Trinajstić information content (AvgIpc) is 2.70. The maximum atomic E-state index is 11.0. The first-order valence-corrected chi connectivity index (χ1v) is 4.99. The Morgan fingerprint density at radius 3 is 3.13 bits per heavy atom. The molecule has 6 N–H and O–H groups in total. The van der Waals surface area contributed by atoms with Crippen molar-refractivity contribution in [1.29, 1.82) is 0 Å². The molecule has 5 unspecified atom stereocenters. The molecular formula is C8H13N5O2. The lowest BCUT2D eigenvalue weighted by molar-refractivity contribution is -0.139. The number of aliphatic carboxylic acids is 1. The van der Waals surface area contributed by atoms with Crippen molar-refractivity contribution in [2.45, 2.75) is 24.3 Å². The van der Waals surface area contributed by atoms with Crippen LogP contribution in [0.4, 0.5) is 0 Å². The first-order valence-electron chi connectivity index (χ1n) is 4.99. The Morgan fingerprint density at radius 1 is 1.60 bits per heavy atom. The number of nitrogens with one attached hydrogen (secondary N) is 3. The summed E-state index contributed by atoms with van der Waals surface area (Å²) >= 11 is 0. The van der Waals surface area contributed by atoms with Gasteiger partial charge in [-0.15, -0.1) is 0 Å². The Labute approximate surface area is 86.1 Å². The zero-order chi connectivity index (χ0) is 10.6. The molecule has 7 nitrogen and oxygen atoms in total. The number of hydrogen-bond donors (Lipinski definition) is 5. The van der Waals surface area contributed by atoms with Gasteiger partial charge in [-0.1, -0.05) is 0 Å². The fourth-order valence-electron chi connectivity index (χ4n) is 2.81. The van der Waals surface area contributed by atoms with Crippen molar-refractivity contribution in [2.24, 2.45) is 16.6 Å². The minimum Gasteiger partial charge on any atom is -0.480 e. The predicted molar refractivity (Wildman–Crippen MR) is 52.2 cm³/mol. The Balaban J connectivity index is 1.94. The summed E-state index contributed by atoms with van der Waals surface area (Å²) in [4.78, 5) is 15.3. The summed E-state index contributed by atoms with van der Waals surface area (Å²) in [7, 11) is 0.